The monoisotopic (exact) mass is 278 g/mol. The highest BCUT2D eigenvalue weighted by Crippen LogP contribution is 2.09. The highest BCUT2D eigenvalue weighted by molar-refractivity contribution is 5.80. The van der Waals surface area contributed by atoms with E-state index in [1.807, 2.05) is 31.2 Å². The van der Waals surface area contributed by atoms with Crippen molar-refractivity contribution in [1.82, 2.24) is 5.32 Å². The van der Waals surface area contributed by atoms with Gasteiger partial charge < -0.3 is 16.2 Å². The Morgan fingerprint density at radius 3 is 2.50 bits per heavy atom. The number of nitrogens with one attached hydrogen (secondary N) is 1. The van der Waals surface area contributed by atoms with E-state index in [0.717, 1.165) is 17.5 Å². The first-order valence-electron chi connectivity index (χ1n) is 6.84. The zero-order chi connectivity index (χ0) is 15.0. The van der Waals surface area contributed by atoms with E-state index in [4.69, 9.17) is 10.8 Å². The van der Waals surface area contributed by atoms with Gasteiger partial charge in [-0.2, -0.15) is 0 Å². The normalized spacial score (nSPS) is 11.9. The number of rotatable bonds is 8. The SMILES string of the molecule is CCCC(CC(=O)O)NC(=O)Cc1ccccc1CN. The van der Waals surface area contributed by atoms with E-state index in [2.05, 4.69) is 5.32 Å². The Kier molecular flexibility index (Phi) is 6.73. The molecule has 1 atom stereocenters. The number of carbonyl (C=O) groups excluding carboxylic acids is 1. The molecular weight excluding hydrogens is 256 g/mol. The summed E-state index contributed by atoms with van der Waals surface area (Å²) in [6.07, 6.45) is 1.68. The zero-order valence-electron chi connectivity index (χ0n) is 11.8. The first-order valence-corrected chi connectivity index (χ1v) is 6.84. The maximum Gasteiger partial charge on any atom is 0.305 e. The number of aliphatic carboxylic acids is 1. The molecule has 0 radical (unpaired) electrons. The van der Waals surface area contributed by atoms with Gasteiger partial charge in [0.15, 0.2) is 0 Å². The van der Waals surface area contributed by atoms with Crippen molar-refractivity contribution in [3.05, 3.63) is 35.4 Å². The molecule has 0 aliphatic rings. The second-order valence-corrected chi connectivity index (χ2v) is 4.80. The third-order valence-corrected chi connectivity index (χ3v) is 3.11. The summed E-state index contributed by atoms with van der Waals surface area (Å²) in [6.45, 7) is 2.35. The quantitative estimate of drug-likeness (QED) is 0.671. The minimum Gasteiger partial charge on any atom is -0.481 e. The van der Waals surface area contributed by atoms with E-state index in [-0.39, 0.29) is 24.8 Å². The smallest absolute Gasteiger partial charge is 0.305 e. The van der Waals surface area contributed by atoms with Crippen molar-refractivity contribution in [1.29, 1.82) is 0 Å². The van der Waals surface area contributed by atoms with Crippen LogP contribution in [0.3, 0.4) is 0 Å². The summed E-state index contributed by atoms with van der Waals surface area (Å²) in [5, 5.41) is 11.6. The maximum atomic E-state index is 12.0. The minimum atomic E-state index is -0.897. The second-order valence-electron chi connectivity index (χ2n) is 4.80. The molecule has 4 N–H and O–H groups in total. The number of carboxylic acid groups (broad SMARTS) is 1. The van der Waals surface area contributed by atoms with Gasteiger partial charge in [0.2, 0.25) is 5.91 Å². The van der Waals surface area contributed by atoms with Crippen molar-refractivity contribution < 1.29 is 14.7 Å². The number of carbonyl (C=O) groups is 2. The first-order chi connectivity index (χ1) is 9.56. The van der Waals surface area contributed by atoms with Crippen LogP contribution < -0.4 is 11.1 Å². The fourth-order valence-corrected chi connectivity index (χ4v) is 2.17. The Balaban J connectivity index is 2.62. The average Bonchev–Trinajstić information content (AvgIpc) is 2.38. The van der Waals surface area contributed by atoms with E-state index >= 15 is 0 Å². The number of hydrogen-bond donors (Lipinski definition) is 3. The fourth-order valence-electron chi connectivity index (χ4n) is 2.17. The van der Waals surface area contributed by atoms with Crippen LogP contribution >= 0.6 is 0 Å². The summed E-state index contributed by atoms with van der Waals surface area (Å²) < 4.78 is 0. The number of nitrogens with two attached hydrogens (primary N) is 1. The van der Waals surface area contributed by atoms with Crippen LogP contribution in [0.25, 0.3) is 0 Å². The van der Waals surface area contributed by atoms with E-state index in [1.165, 1.54) is 0 Å². The lowest BCUT2D eigenvalue weighted by Crippen LogP contribution is -2.37. The van der Waals surface area contributed by atoms with Crippen molar-refractivity contribution in [2.75, 3.05) is 0 Å². The summed E-state index contributed by atoms with van der Waals surface area (Å²) >= 11 is 0. The first kappa shape index (κ1) is 16.2. The van der Waals surface area contributed by atoms with Crippen LogP contribution in [0.1, 0.15) is 37.3 Å². The molecular formula is C15H22N2O3. The maximum absolute atomic E-state index is 12.0. The van der Waals surface area contributed by atoms with Gasteiger partial charge >= 0.3 is 5.97 Å². The molecule has 5 heteroatoms. The number of benzene rings is 1. The van der Waals surface area contributed by atoms with E-state index < -0.39 is 5.97 Å². The molecule has 0 spiro atoms. The summed E-state index contributed by atoms with van der Waals surface area (Å²) in [4.78, 5) is 22.8. The van der Waals surface area contributed by atoms with Gasteiger partial charge in [-0.25, -0.2) is 0 Å². The van der Waals surface area contributed by atoms with Gasteiger partial charge in [-0.05, 0) is 17.5 Å². The summed E-state index contributed by atoms with van der Waals surface area (Å²) in [5.41, 5.74) is 7.46. The minimum absolute atomic E-state index is 0.0435. The lowest BCUT2D eigenvalue weighted by molar-refractivity contribution is -0.137. The lowest BCUT2D eigenvalue weighted by Gasteiger charge is -2.16. The van der Waals surface area contributed by atoms with Crippen LogP contribution in [0.15, 0.2) is 24.3 Å². The Hall–Kier alpha value is -1.88. The van der Waals surface area contributed by atoms with E-state index in [0.29, 0.717) is 13.0 Å². The molecule has 1 amide bonds. The standard InChI is InChI=1S/C15H22N2O3/c1-2-5-13(9-15(19)20)17-14(18)8-11-6-3-4-7-12(11)10-16/h3-4,6-7,13H,2,5,8-10,16H2,1H3,(H,17,18)(H,19,20). The molecule has 0 bridgehead atoms. The number of carboxylic acids is 1. The van der Waals surface area contributed by atoms with Gasteiger partial charge in [-0.3, -0.25) is 9.59 Å². The zero-order valence-corrected chi connectivity index (χ0v) is 11.8. The Bertz CT molecular complexity index is 460. The van der Waals surface area contributed by atoms with Gasteiger partial charge in [-0.1, -0.05) is 37.6 Å². The predicted octanol–water partition coefficient (Wildman–Crippen LogP) is 1.45. The van der Waals surface area contributed by atoms with Crippen LogP contribution in [0.2, 0.25) is 0 Å². The van der Waals surface area contributed by atoms with Gasteiger partial charge in [0.25, 0.3) is 0 Å². The topological polar surface area (TPSA) is 92.4 Å². The molecule has 20 heavy (non-hydrogen) atoms. The number of hydrogen-bond acceptors (Lipinski definition) is 3. The molecule has 0 saturated heterocycles. The van der Waals surface area contributed by atoms with Crippen molar-refractivity contribution in [2.45, 2.75) is 45.2 Å². The molecule has 1 aromatic carbocycles. The van der Waals surface area contributed by atoms with Crippen molar-refractivity contribution in [3.63, 3.8) is 0 Å². The van der Waals surface area contributed by atoms with E-state index in [9.17, 15) is 9.59 Å². The largest absolute Gasteiger partial charge is 0.481 e. The van der Waals surface area contributed by atoms with E-state index in [1.54, 1.807) is 0 Å². The highest BCUT2D eigenvalue weighted by atomic mass is 16.4. The molecule has 0 aromatic heterocycles. The van der Waals surface area contributed by atoms with Crippen molar-refractivity contribution in [2.24, 2.45) is 5.73 Å². The molecule has 5 nitrogen and oxygen atoms in total. The third kappa shape index (κ3) is 5.40. The lowest BCUT2D eigenvalue weighted by atomic mass is 10.0. The Morgan fingerprint density at radius 1 is 1.30 bits per heavy atom. The summed E-state index contributed by atoms with van der Waals surface area (Å²) in [5.74, 6) is -1.06. The van der Waals surface area contributed by atoms with Gasteiger partial charge in [0.1, 0.15) is 0 Å². The Morgan fingerprint density at radius 2 is 1.95 bits per heavy atom. The summed E-state index contributed by atoms with van der Waals surface area (Å²) in [7, 11) is 0. The molecule has 0 fully saturated rings. The van der Waals surface area contributed by atoms with Gasteiger partial charge in [-0.15, -0.1) is 0 Å². The molecule has 110 valence electrons. The molecule has 0 aliphatic carbocycles. The van der Waals surface area contributed by atoms with Gasteiger partial charge in [0.05, 0.1) is 12.8 Å². The molecule has 1 rings (SSSR count). The highest BCUT2D eigenvalue weighted by Gasteiger charge is 2.15. The van der Waals surface area contributed by atoms with Crippen LogP contribution in [-0.4, -0.2) is 23.0 Å². The second kappa shape index (κ2) is 8.32. The predicted molar refractivity (Wildman–Crippen MR) is 77.1 cm³/mol. The molecule has 0 heterocycles. The molecule has 1 aromatic rings. The fraction of sp³-hybridized carbons (Fsp3) is 0.467. The average molecular weight is 278 g/mol. The van der Waals surface area contributed by atoms with Crippen LogP contribution in [0, 0.1) is 0 Å². The van der Waals surface area contributed by atoms with Crippen molar-refractivity contribution in [3.8, 4) is 0 Å². The number of amides is 1. The summed E-state index contributed by atoms with van der Waals surface area (Å²) in [6, 6.07) is 7.20. The molecule has 0 saturated carbocycles. The Labute approximate surface area is 119 Å². The van der Waals surface area contributed by atoms with Crippen LogP contribution in [0.5, 0.6) is 0 Å². The van der Waals surface area contributed by atoms with Crippen LogP contribution in [0.4, 0.5) is 0 Å². The molecule has 0 aliphatic heterocycles. The third-order valence-electron chi connectivity index (χ3n) is 3.11. The van der Waals surface area contributed by atoms with Crippen molar-refractivity contribution >= 4 is 11.9 Å². The van der Waals surface area contributed by atoms with Crippen LogP contribution in [-0.2, 0) is 22.6 Å². The van der Waals surface area contributed by atoms with Gasteiger partial charge in [0, 0.05) is 12.6 Å². The molecule has 1 unspecified atom stereocenters.